The molecule has 1 aliphatic heterocycles. The van der Waals surface area contributed by atoms with Crippen LogP contribution >= 0.6 is 0 Å². The summed E-state index contributed by atoms with van der Waals surface area (Å²) in [5.41, 5.74) is 1.06. The number of aromatic nitrogens is 1. The Hall–Kier alpha value is -1.13. The Morgan fingerprint density at radius 2 is 2.39 bits per heavy atom. The number of hydrogen-bond donors (Lipinski definition) is 1. The summed E-state index contributed by atoms with van der Waals surface area (Å²) >= 11 is 0. The fourth-order valence-electron chi connectivity index (χ4n) is 2.38. The quantitative estimate of drug-likeness (QED) is 0.831. The molecule has 18 heavy (non-hydrogen) atoms. The van der Waals surface area contributed by atoms with Crippen LogP contribution in [0.4, 0.5) is 5.82 Å². The Bertz CT molecular complexity index is 364. The minimum absolute atomic E-state index is 0.587. The second-order valence-corrected chi connectivity index (χ2v) is 4.87. The molecule has 2 rings (SSSR count). The first-order valence-corrected chi connectivity index (χ1v) is 6.70. The molecule has 2 heterocycles. The zero-order valence-corrected chi connectivity index (χ0v) is 11.4. The van der Waals surface area contributed by atoms with Crippen LogP contribution in [0.15, 0.2) is 18.2 Å². The zero-order chi connectivity index (χ0) is 12.8. The predicted octanol–water partition coefficient (Wildman–Crippen LogP) is 1.59. The molecule has 1 aromatic heterocycles. The molecule has 100 valence electrons. The average Bonchev–Trinajstić information content (AvgIpc) is 2.87. The van der Waals surface area contributed by atoms with E-state index in [1.807, 2.05) is 13.0 Å². The molecule has 4 heteroatoms. The van der Waals surface area contributed by atoms with Gasteiger partial charge in [0.15, 0.2) is 0 Å². The van der Waals surface area contributed by atoms with Gasteiger partial charge >= 0.3 is 0 Å². The van der Waals surface area contributed by atoms with Crippen molar-refractivity contribution in [2.45, 2.75) is 25.8 Å². The van der Waals surface area contributed by atoms with Gasteiger partial charge in [-0.25, -0.2) is 4.98 Å². The number of nitrogens with one attached hydrogen (secondary N) is 1. The van der Waals surface area contributed by atoms with E-state index in [-0.39, 0.29) is 0 Å². The average molecular weight is 249 g/mol. The van der Waals surface area contributed by atoms with E-state index in [0.717, 1.165) is 37.8 Å². The third-order valence-corrected chi connectivity index (χ3v) is 3.37. The van der Waals surface area contributed by atoms with Gasteiger partial charge in [0.05, 0.1) is 6.61 Å². The largest absolute Gasteiger partial charge is 0.383 e. The van der Waals surface area contributed by atoms with Crippen molar-refractivity contribution in [3.05, 3.63) is 23.9 Å². The topological polar surface area (TPSA) is 37.4 Å². The Labute approximate surface area is 109 Å². The highest BCUT2D eigenvalue weighted by Crippen LogP contribution is 2.14. The monoisotopic (exact) mass is 249 g/mol. The van der Waals surface area contributed by atoms with Gasteiger partial charge in [-0.1, -0.05) is 6.07 Å². The molecule has 0 bridgehead atoms. The molecule has 1 fully saturated rings. The standard InChI is InChI=1S/C14H23N3O/c1-12-5-3-7-14(16-12)17(9-10-18-2)11-13-6-4-8-15-13/h3,5,7,13,15H,4,6,8-11H2,1-2H3. The molecule has 1 aliphatic rings. The number of rotatable bonds is 6. The smallest absolute Gasteiger partial charge is 0.128 e. The van der Waals surface area contributed by atoms with Crippen molar-refractivity contribution in [2.24, 2.45) is 0 Å². The van der Waals surface area contributed by atoms with Gasteiger partial charge in [-0.05, 0) is 38.4 Å². The van der Waals surface area contributed by atoms with Gasteiger partial charge in [0.2, 0.25) is 0 Å². The molecule has 1 N–H and O–H groups in total. The predicted molar refractivity (Wildman–Crippen MR) is 74.1 cm³/mol. The van der Waals surface area contributed by atoms with E-state index < -0.39 is 0 Å². The van der Waals surface area contributed by atoms with Crippen molar-refractivity contribution < 1.29 is 4.74 Å². The van der Waals surface area contributed by atoms with Crippen molar-refractivity contribution in [3.63, 3.8) is 0 Å². The molecule has 0 amide bonds. The maximum absolute atomic E-state index is 5.20. The third-order valence-electron chi connectivity index (χ3n) is 3.37. The van der Waals surface area contributed by atoms with Crippen molar-refractivity contribution in [1.29, 1.82) is 0 Å². The number of hydrogen-bond acceptors (Lipinski definition) is 4. The summed E-state index contributed by atoms with van der Waals surface area (Å²) in [5.74, 6) is 1.06. The molecular weight excluding hydrogens is 226 g/mol. The Morgan fingerprint density at radius 1 is 1.50 bits per heavy atom. The Morgan fingerprint density at radius 3 is 3.06 bits per heavy atom. The first-order valence-electron chi connectivity index (χ1n) is 6.70. The van der Waals surface area contributed by atoms with Gasteiger partial charge in [0.25, 0.3) is 0 Å². The summed E-state index contributed by atoms with van der Waals surface area (Å²) in [6.45, 7) is 5.82. The minimum Gasteiger partial charge on any atom is -0.383 e. The second-order valence-electron chi connectivity index (χ2n) is 4.87. The maximum Gasteiger partial charge on any atom is 0.128 e. The molecule has 0 spiro atoms. The van der Waals surface area contributed by atoms with Gasteiger partial charge in [-0.2, -0.15) is 0 Å². The van der Waals surface area contributed by atoms with Crippen molar-refractivity contribution >= 4 is 5.82 Å². The molecule has 0 aliphatic carbocycles. The second kappa shape index (κ2) is 6.71. The van der Waals surface area contributed by atoms with Gasteiger partial charge in [0, 0.05) is 31.9 Å². The van der Waals surface area contributed by atoms with Gasteiger partial charge in [-0.15, -0.1) is 0 Å². The number of methoxy groups -OCH3 is 1. The Balaban J connectivity index is 2.03. The van der Waals surface area contributed by atoms with Crippen molar-refractivity contribution in [2.75, 3.05) is 38.3 Å². The number of ether oxygens (including phenoxy) is 1. The van der Waals surface area contributed by atoms with E-state index in [9.17, 15) is 0 Å². The van der Waals surface area contributed by atoms with E-state index in [0.29, 0.717) is 6.04 Å². The van der Waals surface area contributed by atoms with E-state index in [1.165, 1.54) is 12.8 Å². The molecule has 1 aromatic rings. The van der Waals surface area contributed by atoms with Crippen LogP contribution in [0, 0.1) is 6.92 Å². The molecule has 1 unspecified atom stereocenters. The van der Waals surface area contributed by atoms with Crippen LogP contribution in [-0.2, 0) is 4.74 Å². The normalized spacial score (nSPS) is 19.1. The lowest BCUT2D eigenvalue weighted by molar-refractivity contribution is 0.204. The zero-order valence-electron chi connectivity index (χ0n) is 11.4. The summed E-state index contributed by atoms with van der Waals surface area (Å²) in [5, 5.41) is 3.54. The van der Waals surface area contributed by atoms with E-state index in [1.54, 1.807) is 7.11 Å². The highest BCUT2D eigenvalue weighted by Gasteiger charge is 2.18. The summed E-state index contributed by atoms with van der Waals surface area (Å²) in [6.07, 6.45) is 2.54. The lowest BCUT2D eigenvalue weighted by Crippen LogP contribution is -2.39. The lowest BCUT2D eigenvalue weighted by atomic mass is 10.2. The van der Waals surface area contributed by atoms with Gasteiger partial charge in [-0.3, -0.25) is 0 Å². The molecule has 0 saturated carbocycles. The van der Waals surface area contributed by atoms with E-state index in [4.69, 9.17) is 4.74 Å². The number of pyridine rings is 1. The summed E-state index contributed by atoms with van der Waals surface area (Å²) in [7, 11) is 1.75. The van der Waals surface area contributed by atoms with Gasteiger partial charge in [0.1, 0.15) is 5.82 Å². The fourth-order valence-corrected chi connectivity index (χ4v) is 2.38. The van der Waals surface area contributed by atoms with Crippen LogP contribution in [-0.4, -0.2) is 44.4 Å². The van der Waals surface area contributed by atoms with E-state index >= 15 is 0 Å². The first-order chi connectivity index (χ1) is 8.79. The molecule has 1 atom stereocenters. The van der Waals surface area contributed by atoms with Crippen LogP contribution in [0.25, 0.3) is 0 Å². The van der Waals surface area contributed by atoms with Crippen molar-refractivity contribution in [1.82, 2.24) is 10.3 Å². The first kappa shape index (κ1) is 13.3. The summed E-state index contributed by atoms with van der Waals surface area (Å²) in [4.78, 5) is 6.93. The minimum atomic E-state index is 0.587. The highest BCUT2D eigenvalue weighted by atomic mass is 16.5. The van der Waals surface area contributed by atoms with Crippen molar-refractivity contribution in [3.8, 4) is 0 Å². The van der Waals surface area contributed by atoms with Gasteiger partial charge < -0.3 is 15.0 Å². The molecular formula is C14H23N3O. The molecule has 0 aromatic carbocycles. The van der Waals surface area contributed by atoms with Crippen LogP contribution in [0.3, 0.4) is 0 Å². The van der Waals surface area contributed by atoms with Crippen LogP contribution < -0.4 is 10.2 Å². The lowest BCUT2D eigenvalue weighted by Gasteiger charge is -2.26. The number of nitrogens with zero attached hydrogens (tertiary/aromatic N) is 2. The maximum atomic E-state index is 5.20. The van der Waals surface area contributed by atoms with Crippen LogP contribution in [0.5, 0.6) is 0 Å². The molecule has 4 nitrogen and oxygen atoms in total. The van der Waals surface area contributed by atoms with Crippen LogP contribution in [0.2, 0.25) is 0 Å². The summed E-state index contributed by atoms with van der Waals surface area (Å²) in [6, 6.07) is 6.77. The highest BCUT2D eigenvalue weighted by molar-refractivity contribution is 5.39. The summed E-state index contributed by atoms with van der Waals surface area (Å²) < 4.78 is 5.20. The number of anilines is 1. The SMILES string of the molecule is COCCN(CC1CCCN1)c1cccc(C)n1. The molecule has 0 radical (unpaired) electrons. The third kappa shape index (κ3) is 3.68. The van der Waals surface area contributed by atoms with E-state index in [2.05, 4.69) is 27.3 Å². The molecule has 1 saturated heterocycles. The Kier molecular flexibility index (Phi) is 4.96. The van der Waals surface area contributed by atoms with Crippen LogP contribution in [0.1, 0.15) is 18.5 Å². The fraction of sp³-hybridized carbons (Fsp3) is 0.643. The number of aryl methyl sites for hydroxylation is 1.